The van der Waals surface area contributed by atoms with Crippen LogP contribution in [-0.4, -0.2) is 42.1 Å². The first-order valence-corrected chi connectivity index (χ1v) is 8.65. The molecule has 0 saturated carbocycles. The maximum atomic E-state index is 12.9. The van der Waals surface area contributed by atoms with Crippen LogP contribution in [0.15, 0.2) is 48.7 Å². The number of methoxy groups -OCH3 is 1. The van der Waals surface area contributed by atoms with Crippen LogP contribution in [0.4, 0.5) is 5.69 Å². The topological polar surface area (TPSA) is 54.5 Å². The van der Waals surface area contributed by atoms with Crippen LogP contribution in [0.3, 0.4) is 0 Å². The first-order chi connectivity index (χ1) is 12.1. The second-order valence-electron chi connectivity index (χ2n) is 6.22. The Bertz CT molecular complexity index is 659. The van der Waals surface area contributed by atoms with Crippen molar-refractivity contribution < 1.29 is 9.53 Å². The van der Waals surface area contributed by atoms with Gasteiger partial charge in [-0.2, -0.15) is 0 Å². The number of amides is 1. The lowest BCUT2D eigenvalue weighted by molar-refractivity contribution is 0.0684. The van der Waals surface area contributed by atoms with E-state index in [1.165, 1.54) is 0 Å². The number of hydrogen-bond donors (Lipinski definition) is 1. The number of rotatable bonds is 9. The average Bonchev–Trinajstić information content (AvgIpc) is 2.63. The Morgan fingerprint density at radius 3 is 2.68 bits per heavy atom. The van der Waals surface area contributed by atoms with Crippen molar-refractivity contribution in [3.8, 4) is 0 Å². The van der Waals surface area contributed by atoms with Gasteiger partial charge < -0.3 is 15.0 Å². The maximum Gasteiger partial charge on any atom is 0.273 e. The molecule has 0 aliphatic heterocycles. The van der Waals surface area contributed by atoms with Crippen LogP contribution in [0.1, 0.15) is 36.3 Å². The molecule has 1 aromatic heterocycles. The number of nitrogens with one attached hydrogen (secondary N) is 1. The van der Waals surface area contributed by atoms with E-state index in [2.05, 4.69) is 10.3 Å². The van der Waals surface area contributed by atoms with Gasteiger partial charge in [0.1, 0.15) is 5.69 Å². The van der Waals surface area contributed by atoms with Gasteiger partial charge in [0.2, 0.25) is 0 Å². The van der Waals surface area contributed by atoms with Gasteiger partial charge in [0.25, 0.3) is 5.91 Å². The molecule has 0 saturated heterocycles. The van der Waals surface area contributed by atoms with Gasteiger partial charge in [-0.3, -0.25) is 9.78 Å². The fourth-order valence-corrected chi connectivity index (χ4v) is 2.52. The summed E-state index contributed by atoms with van der Waals surface area (Å²) in [5.74, 6) is -0.0561. The second kappa shape index (κ2) is 9.79. The Balaban J connectivity index is 2.08. The highest BCUT2D eigenvalue weighted by Gasteiger charge is 2.20. The van der Waals surface area contributed by atoms with Gasteiger partial charge in [-0.05, 0) is 38.0 Å². The number of nitrogens with zero attached hydrogens (tertiary/aromatic N) is 2. The van der Waals surface area contributed by atoms with Crippen LogP contribution in [0.5, 0.6) is 0 Å². The lowest BCUT2D eigenvalue weighted by Crippen LogP contribution is -2.36. The molecule has 1 amide bonds. The van der Waals surface area contributed by atoms with Gasteiger partial charge in [0, 0.05) is 44.7 Å². The fraction of sp³-hybridized carbons (Fsp3) is 0.400. The van der Waals surface area contributed by atoms with Crippen molar-refractivity contribution in [2.45, 2.75) is 32.9 Å². The van der Waals surface area contributed by atoms with Gasteiger partial charge in [0.05, 0.1) is 0 Å². The van der Waals surface area contributed by atoms with Crippen LogP contribution in [0, 0.1) is 0 Å². The highest BCUT2D eigenvalue weighted by atomic mass is 16.5. The number of ether oxygens (including phenoxy) is 1. The molecule has 1 N–H and O–H groups in total. The zero-order valence-electron chi connectivity index (χ0n) is 15.2. The Morgan fingerprint density at radius 2 is 2.00 bits per heavy atom. The van der Waals surface area contributed by atoms with E-state index >= 15 is 0 Å². The van der Waals surface area contributed by atoms with Crippen LogP contribution in [0.2, 0.25) is 0 Å². The number of carbonyl (C=O) groups is 1. The maximum absolute atomic E-state index is 12.9. The summed E-state index contributed by atoms with van der Waals surface area (Å²) >= 11 is 0. The van der Waals surface area contributed by atoms with Gasteiger partial charge in [-0.15, -0.1) is 0 Å². The predicted octanol–water partition coefficient (Wildman–Crippen LogP) is 3.58. The molecule has 0 atom stereocenters. The zero-order chi connectivity index (χ0) is 18.1. The minimum Gasteiger partial charge on any atom is -0.385 e. The van der Waals surface area contributed by atoms with E-state index in [0.717, 1.165) is 24.2 Å². The molecule has 0 aliphatic rings. The first kappa shape index (κ1) is 18.9. The lowest BCUT2D eigenvalue weighted by atomic mass is 10.1. The molecule has 0 radical (unpaired) electrons. The Kier molecular flexibility index (Phi) is 7.41. The smallest absolute Gasteiger partial charge is 0.273 e. The van der Waals surface area contributed by atoms with E-state index in [4.69, 9.17) is 4.74 Å². The van der Waals surface area contributed by atoms with Gasteiger partial charge in [-0.1, -0.05) is 30.3 Å². The lowest BCUT2D eigenvalue weighted by Gasteiger charge is -2.26. The molecule has 0 aliphatic carbocycles. The highest BCUT2D eigenvalue weighted by Crippen LogP contribution is 2.15. The van der Waals surface area contributed by atoms with Crippen molar-refractivity contribution in [3.63, 3.8) is 0 Å². The van der Waals surface area contributed by atoms with E-state index in [-0.39, 0.29) is 11.9 Å². The van der Waals surface area contributed by atoms with Crippen LogP contribution in [-0.2, 0) is 11.3 Å². The summed E-state index contributed by atoms with van der Waals surface area (Å²) in [6, 6.07) is 13.8. The van der Waals surface area contributed by atoms with Crippen molar-refractivity contribution in [1.29, 1.82) is 0 Å². The van der Waals surface area contributed by atoms with E-state index in [9.17, 15) is 4.79 Å². The number of aromatic nitrogens is 1. The first-order valence-electron chi connectivity index (χ1n) is 8.65. The molecule has 0 bridgehead atoms. The summed E-state index contributed by atoms with van der Waals surface area (Å²) in [6.07, 6.45) is 2.58. The van der Waals surface area contributed by atoms with Gasteiger partial charge in [-0.25, -0.2) is 0 Å². The van der Waals surface area contributed by atoms with Crippen molar-refractivity contribution in [1.82, 2.24) is 9.88 Å². The highest BCUT2D eigenvalue weighted by molar-refractivity contribution is 5.93. The molecule has 5 nitrogen and oxygen atoms in total. The SMILES string of the molecule is COCCCNc1ccnc(C(=O)N(Cc2ccccc2)C(C)C)c1. The van der Waals surface area contributed by atoms with Crippen molar-refractivity contribution in [3.05, 3.63) is 59.9 Å². The summed E-state index contributed by atoms with van der Waals surface area (Å²) in [6.45, 7) is 6.12. The Labute approximate surface area is 150 Å². The molecule has 0 spiro atoms. The summed E-state index contributed by atoms with van der Waals surface area (Å²) in [7, 11) is 1.69. The normalized spacial score (nSPS) is 10.7. The molecular weight excluding hydrogens is 314 g/mol. The van der Waals surface area contributed by atoms with E-state index in [1.54, 1.807) is 13.3 Å². The molecule has 2 rings (SSSR count). The molecule has 0 fully saturated rings. The minimum absolute atomic E-state index is 0.0561. The summed E-state index contributed by atoms with van der Waals surface area (Å²) in [5.41, 5.74) is 2.47. The third-order valence-corrected chi connectivity index (χ3v) is 3.91. The summed E-state index contributed by atoms with van der Waals surface area (Å²) in [4.78, 5) is 19.0. The van der Waals surface area contributed by atoms with Crippen LogP contribution < -0.4 is 5.32 Å². The molecule has 134 valence electrons. The zero-order valence-corrected chi connectivity index (χ0v) is 15.2. The molecule has 2 aromatic rings. The van der Waals surface area contributed by atoms with E-state index in [0.29, 0.717) is 18.8 Å². The summed E-state index contributed by atoms with van der Waals surface area (Å²) in [5, 5.41) is 3.30. The largest absolute Gasteiger partial charge is 0.385 e. The quantitative estimate of drug-likeness (QED) is 0.708. The van der Waals surface area contributed by atoms with Crippen LogP contribution >= 0.6 is 0 Å². The molecule has 5 heteroatoms. The fourth-order valence-electron chi connectivity index (χ4n) is 2.52. The monoisotopic (exact) mass is 341 g/mol. The van der Waals surface area contributed by atoms with Crippen molar-refractivity contribution in [2.75, 3.05) is 25.6 Å². The van der Waals surface area contributed by atoms with E-state index < -0.39 is 0 Å². The predicted molar refractivity (Wildman–Crippen MR) is 101 cm³/mol. The Hall–Kier alpha value is -2.40. The average molecular weight is 341 g/mol. The molecule has 1 heterocycles. The third-order valence-electron chi connectivity index (χ3n) is 3.91. The number of hydrogen-bond acceptors (Lipinski definition) is 4. The molecular formula is C20H27N3O2. The molecule has 25 heavy (non-hydrogen) atoms. The standard InChI is InChI=1S/C20H27N3O2/c1-16(2)23(15-17-8-5-4-6-9-17)20(24)19-14-18(10-12-22-19)21-11-7-13-25-3/h4-6,8-10,12,14,16H,7,11,13,15H2,1-3H3,(H,21,22). The number of carbonyl (C=O) groups excluding carboxylic acids is 1. The van der Waals surface area contributed by atoms with Gasteiger partial charge >= 0.3 is 0 Å². The number of benzene rings is 1. The van der Waals surface area contributed by atoms with Crippen LogP contribution in [0.25, 0.3) is 0 Å². The summed E-state index contributed by atoms with van der Waals surface area (Å²) < 4.78 is 5.04. The van der Waals surface area contributed by atoms with Crippen molar-refractivity contribution >= 4 is 11.6 Å². The number of anilines is 1. The van der Waals surface area contributed by atoms with E-state index in [1.807, 2.05) is 61.2 Å². The molecule has 0 unspecified atom stereocenters. The number of pyridine rings is 1. The minimum atomic E-state index is -0.0561. The van der Waals surface area contributed by atoms with Crippen molar-refractivity contribution in [2.24, 2.45) is 0 Å². The third kappa shape index (κ3) is 5.87. The second-order valence-corrected chi connectivity index (χ2v) is 6.22. The van der Waals surface area contributed by atoms with Gasteiger partial charge in [0.15, 0.2) is 0 Å². The Morgan fingerprint density at radius 1 is 1.24 bits per heavy atom. The molecule has 1 aromatic carbocycles.